The molecule has 180 valence electrons. The molecule has 10 nitrogen and oxygen atoms in total. The van der Waals surface area contributed by atoms with Crippen molar-refractivity contribution in [2.75, 3.05) is 5.32 Å². The zero-order chi connectivity index (χ0) is 25.2. The number of pyridine rings is 1. The molecule has 2 amide bonds. The summed E-state index contributed by atoms with van der Waals surface area (Å²) in [6, 6.07) is 0.630. The second-order valence-corrected chi connectivity index (χ2v) is 8.53. The Kier molecular flexibility index (Phi) is 6.95. The van der Waals surface area contributed by atoms with E-state index < -0.39 is 28.6 Å². The van der Waals surface area contributed by atoms with Crippen molar-refractivity contribution < 1.29 is 22.8 Å². The molecule has 0 unspecified atom stereocenters. The molecule has 0 aliphatic rings. The summed E-state index contributed by atoms with van der Waals surface area (Å²) in [6.45, 7) is -0.0649. The number of imidazole rings is 1. The fourth-order valence-corrected chi connectivity index (χ4v) is 3.96. The Morgan fingerprint density at radius 2 is 1.86 bits per heavy atom. The highest BCUT2D eigenvalue weighted by Gasteiger charge is 2.34. The number of alkyl halides is 3. The number of carbonyl (C=O) groups excluding carboxylic acids is 2. The predicted octanol–water partition coefficient (Wildman–Crippen LogP) is 4.23. The van der Waals surface area contributed by atoms with Crippen molar-refractivity contribution in [2.24, 2.45) is 0 Å². The maximum atomic E-state index is 13.0. The minimum atomic E-state index is -4.71. The van der Waals surface area contributed by atoms with Gasteiger partial charge < -0.3 is 15.6 Å². The van der Waals surface area contributed by atoms with Crippen LogP contribution < -0.4 is 10.6 Å². The zero-order valence-corrected chi connectivity index (χ0v) is 19.4. The Labute approximate surface area is 208 Å². The highest BCUT2D eigenvalue weighted by molar-refractivity contribution is 7.13. The number of nitrogens with zero attached hydrogens (tertiary/aromatic N) is 5. The smallest absolute Gasteiger partial charge is 0.344 e. The maximum absolute atomic E-state index is 13.0. The number of halogens is 5. The van der Waals surface area contributed by atoms with E-state index in [2.05, 4.69) is 40.5 Å². The highest BCUT2D eigenvalue weighted by atomic mass is 35.5. The van der Waals surface area contributed by atoms with Crippen LogP contribution in [0.3, 0.4) is 0 Å². The molecule has 4 heterocycles. The van der Waals surface area contributed by atoms with Gasteiger partial charge in [0.15, 0.2) is 11.5 Å². The molecule has 0 saturated carbocycles. The Balaban J connectivity index is 1.41. The molecule has 16 heteroatoms. The summed E-state index contributed by atoms with van der Waals surface area (Å²) in [7, 11) is 0. The van der Waals surface area contributed by atoms with Gasteiger partial charge in [-0.3, -0.25) is 9.59 Å². The van der Waals surface area contributed by atoms with Crippen LogP contribution in [0.5, 0.6) is 0 Å². The highest BCUT2D eigenvalue weighted by Crippen LogP contribution is 2.35. The van der Waals surface area contributed by atoms with Crippen LogP contribution in [0.25, 0.3) is 11.5 Å². The van der Waals surface area contributed by atoms with Crippen molar-refractivity contribution in [3.05, 3.63) is 68.4 Å². The van der Waals surface area contributed by atoms with Crippen LogP contribution in [0.2, 0.25) is 10.0 Å². The molecule has 0 aliphatic heterocycles. The summed E-state index contributed by atoms with van der Waals surface area (Å²) in [5.74, 6) is -1.32. The molecule has 3 N–H and O–H groups in total. The van der Waals surface area contributed by atoms with E-state index in [1.54, 1.807) is 6.20 Å². The number of anilines is 1. The number of hydrogen-bond acceptors (Lipinski definition) is 8. The first-order valence-corrected chi connectivity index (χ1v) is 11.0. The Hall–Kier alpha value is -3.62. The fraction of sp³-hybridized carbons (Fsp3) is 0.105. The normalized spacial score (nSPS) is 11.3. The third-order valence-electron chi connectivity index (χ3n) is 4.31. The molecule has 0 saturated heterocycles. The molecule has 35 heavy (non-hydrogen) atoms. The number of amides is 2. The van der Waals surface area contributed by atoms with Gasteiger partial charge in [-0.1, -0.05) is 23.2 Å². The minimum absolute atomic E-state index is 0.00662. The maximum Gasteiger partial charge on any atom is 0.418 e. The first-order valence-electron chi connectivity index (χ1n) is 9.40. The zero-order valence-electron chi connectivity index (χ0n) is 17.0. The van der Waals surface area contributed by atoms with Gasteiger partial charge >= 0.3 is 6.18 Å². The van der Waals surface area contributed by atoms with Gasteiger partial charge in [-0.05, 0) is 6.07 Å². The van der Waals surface area contributed by atoms with E-state index in [0.717, 1.165) is 17.5 Å². The summed E-state index contributed by atoms with van der Waals surface area (Å²) in [4.78, 5) is 47.5. The number of rotatable bonds is 6. The molecule has 4 aromatic heterocycles. The van der Waals surface area contributed by atoms with Gasteiger partial charge in [-0.25, -0.2) is 24.9 Å². The Bertz CT molecular complexity index is 1400. The largest absolute Gasteiger partial charge is 0.418 e. The number of hydrogen-bond donors (Lipinski definition) is 3. The van der Waals surface area contributed by atoms with Crippen LogP contribution in [-0.2, 0) is 12.7 Å². The molecular weight excluding hydrogens is 532 g/mol. The van der Waals surface area contributed by atoms with Crippen LogP contribution in [0, 0.1) is 0 Å². The fourth-order valence-electron chi connectivity index (χ4n) is 2.73. The SMILES string of the molecule is O=C(Nc1cc(C(F)(F)F)c(Cl)cn1)c1cnc(CNC(=O)c2ncnc(-c3ncc[nH]3)c2Cl)s1. The number of carbonyl (C=O) groups is 2. The first-order chi connectivity index (χ1) is 16.6. The number of aromatic nitrogens is 6. The van der Waals surface area contributed by atoms with Crippen molar-refractivity contribution in [1.29, 1.82) is 0 Å². The van der Waals surface area contributed by atoms with E-state index in [-0.39, 0.29) is 33.7 Å². The van der Waals surface area contributed by atoms with E-state index in [9.17, 15) is 22.8 Å². The van der Waals surface area contributed by atoms with Crippen LogP contribution in [0.1, 0.15) is 30.7 Å². The van der Waals surface area contributed by atoms with Crippen LogP contribution in [0.15, 0.2) is 37.2 Å². The standard InChI is InChI=1S/C19H11Cl2F3N8O2S/c20-9-4-27-11(3-8(9)19(22,23)24)32-17(33)10-5-28-12(35-10)6-29-18(34)15-13(21)14(30-7-31-15)16-25-1-2-26-16/h1-5,7H,6H2,(H,25,26)(H,29,34)(H,27,32,33). The van der Waals surface area contributed by atoms with Gasteiger partial charge in [-0.2, -0.15) is 13.2 Å². The quantitative estimate of drug-likeness (QED) is 0.331. The van der Waals surface area contributed by atoms with Crippen LogP contribution >= 0.6 is 34.5 Å². The average molecular weight is 543 g/mol. The van der Waals surface area contributed by atoms with E-state index in [4.69, 9.17) is 23.2 Å². The van der Waals surface area contributed by atoms with E-state index in [1.807, 2.05) is 0 Å². The topological polar surface area (TPSA) is 138 Å². The molecular formula is C19H11Cl2F3N8O2S. The van der Waals surface area contributed by atoms with Gasteiger partial charge in [0.05, 0.1) is 23.3 Å². The molecule has 0 aliphatic carbocycles. The summed E-state index contributed by atoms with van der Waals surface area (Å²) in [5, 5.41) is 4.59. The Morgan fingerprint density at radius 1 is 1.06 bits per heavy atom. The average Bonchev–Trinajstić information content (AvgIpc) is 3.51. The second-order valence-electron chi connectivity index (χ2n) is 6.62. The number of thiazole rings is 1. The van der Waals surface area contributed by atoms with Gasteiger partial charge in [-0.15, -0.1) is 11.3 Å². The summed E-state index contributed by atoms with van der Waals surface area (Å²) >= 11 is 12.7. The van der Waals surface area contributed by atoms with Crippen molar-refractivity contribution in [3.8, 4) is 11.5 Å². The summed E-state index contributed by atoms with van der Waals surface area (Å²) in [6.07, 6.45) is 1.54. The summed E-state index contributed by atoms with van der Waals surface area (Å²) in [5.41, 5.74) is -0.970. The van der Waals surface area contributed by atoms with Crippen molar-refractivity contribution in [3.63, 3.8) is 0 Å². The van der Waals surface area contributed by atoms with Crippen molar-refractivity contribution in [2.45, 2.75) is 12.7 Å². The number of H-pyrrole nitrogens is 1. The molecule has 0 fully saturated rings. The third kappa shape index (κ3) is 5.55. The van der Waals surface area contributed by atoms with Gasteiger partial charge in [0.1, 0.15) is 32.7 Å². The lowest BCUT2D eigenvalue weighted by molar-refractivity contribution is -0.137. The summed E-state index contributed by atoms with van der Waals surface area (Å²) < 4.78 is 39.0. The van der Waals surface area contributed by atoms with Gasteiger partial charge in [0.2, 0.25) is 0 Å². The third-order valence-corrected chi connectivity index (χ3v) is 5.96. The second kappa shape index (κ2) is 9.93. The van der Waals surface area contributed by atoms with E-state index in [0.29, 0.717) is 16.9 Å². The monoisotopic (exact) mass is 542 g/mol. The lowest BCUT2D eigenvalue weighted by Gasteiger charge is -2.10. The van der Waals surface area contributed by atoms with Gasteiger partial charge in [0, 0.05) is 18.6 Å². The minimum Gasteiger partial charge on any atom is -0.344 e. The van der Waals surface area contributed by atoms with Crippen LogP contribution in [-0.4, -0.2) is 41.7 Å². The van der Waals surface area contributed by atoms with Gasteiger partial charge in [0.25, 0.3) is 11.8 Å². The molecule has 0 atom stereocenters. The van der Waals surface area contributed by atoms with Crippen molar-refractivity contribution >= 4 is 52.2 Å². The Morgan fingerprint density at radius 3 is 2.57 bits per heavy atom. The lowest BCUT2D eigenvalue weighted by atomic mass is 10.2. The molecule has 0 radical (unpaired) electrons. The molecule has 0 bridgehead atoms. The van der Waals surface area contributed by atoms with Crippen molar-refractivity contribution in [1.82, 2.24) is 35.2 Å². The molecule has 4 rings (SSSR count). The molecule has 4 aromatic rings. The van der Waals surface area contributed by atoms with Crippen LogP contribution in [0.4, 0.5) is 19.0 Å². The number of nitrogens with one attached hydrogen (secondary N) is 3. The van der Waals surface area contributed by atoms with E-state index in [1.165, 1.54) is 18.7 Å². The predicted molar refractivity (Wildman–Crippen MR) is 120 cm³/mol. The molecule has 0 spiro atoms. The lowest BCUT2D eigenvalue weighted by Crippen LogP contribution is -2.24. The molecule has 0 aromatic carbocycles. The first kappa shape index (κ1) is 24.5. The van der Waals surface area contributed by atoms with E-state index >= 15 is 0 Å². The number of aromatic amines is 1.